The molecule has 0 spiro atoms. The molecule has 0 fully saturated rings. The molecule has 4 aromatic rings. The number of nitrogens with zero attached hydrogens (tertiary/aromatic N) is 6. The Morgan fingerprint density at radius 2 is 1.94 bits per heavy atom. The third kappa shape index (κ3) is 3.66. The van der Waals surface area contributed by atoms with E-state index in [2.05, 4.69) is 75.2 Å². The lowest BCUT2D eigenvalue weighted by atomic mass is 10.1. The lowest BCUT2D eigenvalue weighted by Gasteiger charge is -2.27. The van der Waals surface area contributed by atoms with Gasteiger partial charge in [-0.25, -0.2) is 4.98 Å². The summed E-state index contributed by atoms with van der Waals surface area (Å²) < 4.78 is 1.88. The summed E-state index contributed by atoms with van der Waals surface area (Å²) in [7, 11) is 4.07. The van der Waals surface area contributed by atoms with E-state index in [0.717, 1.165) is 70.4 Å². The van der Waals surface area contributed by atoms with Crippen LogP contribution in [0.2, 0.25) is 0 Å². The Morgan fingerprint density at radius 1 is 1.06 bits per heavy atom. The van der Waals surface area contributed by atoms with Gasteiger partial charge in [-0.15, -0.1) is 0 Å². The molecular formula is C25H27N7. The Labute approximate surface area is 188 Å². The second-order valence-electron chi connectivity index (χ2n) is 8.27. The molecule has 0 amide bonds. The van der Waals surface area contributed by atoms with Crippen LogP contribution in [-0.2, 0) is 7.05 Å². The molecule has 0 unspecified atom stereocenters. The molecule has 4 heterocycles. The van der Waals surface area contributed by atoms with Gasteiger partial charge in [0.1, 0.15) is 5.82 Å². The normalized spacial score (nSPS) is 13.7. The topological polar surface area (TPSA) is 62.1 Å². The van der Waals surface area contributed by atoms with Gasteiger partial charge in [0, 0.05) is 55.7 Å². The minimum Gasteiger partial charge on any atom is -0.372 e. The van der Waals surface area contributed by atoms with Gasteiger partial charge in [0.2, 0.25) is 0 Å². The van der Waals surface area contributed by atoms with Gasteiger partial charge in [-0.05, 0) is 55.8 Å². The van der Waals surface area contributed by atoms with Crippen molar-refractivity contribution < 1.29 is 0 Å². The second kappa shape index (κ2) is 8.00. The first-order chi connectivity index (χ1) is 15.5. The van der Waals surface area contributed by atoms with Crippen molar-refractivity contribution in [2.45, 2.75) is 13.3 Å². The maximum atomic E-state index is 5.07. The van der Waals surface area contributed by atoms with Crippen LogP contribution in [0, 0.1) is 6.92 Å². The number of rotatable bonds is 4. The third-order valence-corrected chi connectivity index (χ3v) is 5.95. The zero-order valence-electron chi connectivity index (χ0n) is 18.7. The van der Waals surface area contributed by atoms with E-state index < -0.39 is 0 Å². The van der Waals surface area contributed by atoms with Crippen molar-refractivity contribution in [3.8, 4) is 11.3 Å². The summed E-state index contributed by atoms with van der Waals surface area (Å²) in [6, 6.07) is 14.5. The van der Waals surface area contributed by atoms with Crippen LogP contribution in [0.15, 0.2) is 67.3 Å². The largest absolute Gasteiger partial charge is 0.372 e. The van der Waals surface area contributed by atoms with Gasteiger partial charge in [-0.2, -0.15) is 5.10 Å². The molecule has 0 saturated carbocycles. The summed E-state index contributed by atoms with van der Waals surface area (Å²) >= 11 is 0. The van der Waals surface area contributed by atoms with Crippen molar-refractivity contribution in [1.82, 2.24) is 19.7 Å². The van der Waals surface area contributed by atoms with Gasteiger partial charge in [-0.1, -0.05) is 6.58 Å². The minimum absolute atomic E-state index is 0.806. The maximum absolute atomic E-state index is 5.07. The lowest BCUT2D eigenvalue weighted by Crippen LogP contribution is -2.28. The molecule has 0 saturated heterocycles. The van der Waals surface area contributed by atoms with Crippen molar-refractivity contribution >= 4 is 28.1 Å². The highest BCUT2D eigenvalue weighted by Crippen LogP contribution is 2.34. The number of benzene rings is 1. The highest BCUT2D eigenvalue weighted by molar-refractivity contribution is 5.83. The molecule has 1 N–H and O–H groups in total. The smallest absolute Gasteiger partial charge is 0.158 e. The quantitative estimate of drug-likeness (QED) is 0.517. The van der Waals surface area contributed by atoms with E-state index in [1.165, 1.54) is 0 Å². The Balaban J connectivity index is 1.50. The zero-order valence-corrected chi connectivity index (χ0v) is 18.7. The summed E-state index contributed by atoms with van der Waals surface area (Å²) in [5, 5.41) is 8.92. The lowest BCUT2D eigenvalue weighted by molar-refractivity contribution is 0.789. The molecule has 1 aromatic carbocycles. The number of anilines is 3. The van der Waals surface area contributed by atoms with Crippen molar-refractivity contribution in [2.75, 3.05) is 35.3 Å². The first-order valence-electron chi connectivity index (χ1n) is 10.8. The monoisotopic (exact) mass is 425 g/mol. The fourth-order valence-corrected chi connectivity index (χ4v) is 4.23. The van der Waals surface area contributed by atoms with Crippen LogP contribution >= 0.6 is 0 Å². The highest BCUT2D eigenvalue weighted by atomic mass is 15.3. The summed E-state index contributed by atoms with van der Waals surface area (Å²) in [6.07, 6.45) is 4.72. The van der Waals surface area contributed by atoms with Gasteiger partial charge >= 0.3 is 0 Å². The molecule has 0 atom stereocenters. The fourth-order valence-electron chi connectivity index (χ4n) is 4.23. The number of aromatic nitrogens is 4. The van der Waals surface area contributed by atoms with E-state index >= 15 is 0 Å². The average molecular weight is 426 g/mol. The van der Waals surface area contributed by atoms with Crippen LogP contribution < -0.4 is 15.1 Å². The number of aryl methyl sites for hydroxylation is 2. The van der Waals surface area contributed by atoms with Gasteiger partial charge in [0.15, 0.2) is 5.82 Å². The predicted octanol–water partition coefficient (Wildman–Crippen LogP) is 4.57. The molecule has 1 aliphatic rings. The summed E-state index contributed by atoms with van der Waals surface area (Å²) in [5.74, 6) is 1.72. The third-order valence-electron chi connectivity index (χ3n) is 5.95. The molecule has 0 aliphatic carbocycles. The van der Waals surface area contributed by atoms with Crippen molar-refractivity contribution in [2.24, 2.45) is 7.05 Å². The minimum atomic E-state index is 0.806. The first-order valence-corrected chi connectivity index (χ1v) is 10.8. The van der Waals surface area contributed by atoms with Crippen LogP contribution in [0.4, 0.5) is 17.2 Å². The van der Waals surface area contributed by atoms with E-state index in [0.29, 0.717) is 0 Å². The van der Waals surface area contributed by atoms with E-state index in [1.807, 2.05) is 37.1 Å². The van der Waals surface area contributed by atoms with Gasteiger partial charge < -0.3 is 15.1 Å². The molecule has 5 rings (SSSR count). The van der Waals surface area contributed by atoms with Crippen LogP contribution in [-0.4, -0.2) is 39.9 Å². The number of hydrogen-bond donors (Lipinski definition) is 1. The fraction of sp³-hybridized carbons (Fsp3) is 0.240. The van der Waals surface area contributed by atoms with Crippen LogP contribution in [0.1, 0.15) is 12.1 Å². The Hall–Kier alpha value is -3.87. The van der Waals surface area contributed by atoms with E-state index in [9.17, 15) is 0 Å². The zero-order chi connectivity index (χ0) is 22.2. The Morgan fingerprint density at radius 3 is 2.78 bits per heavy atom. The standard InChI is InChI=1S/C25H27N7/c1-17-14-19(10-11-26-17)22-7-9-24-25(29-22)32(13-5-12-30(24)3)18(2)28-21-6-8-23-20(15-21)16-27-31(23)4/h6-11,14-16,28H,2,5,12-13H2,1,3-4H3. The highest BCUT2D eigenvalue weighted by Gasteiger charge is 2.23. The molecule has 0 bridgehead atoms. The van der Waals surface area contributed by atoms with Gasteiger partial charge in [0.05, 0.1) is 23.1 Å². The summed E-state index contributed by atoms with van der Waals surface area (Å²) in [6.45, 7) is 8.17. The molecule has 162 valence electrons. The number of nitrogens with one attached hydrogen (secondary N) is 1. The van der Waals surface area contributed by atoms with E-state index in [1.54, 1.807) is 0 Å². The number of fused-ring (bicyclic) bond motifs is 2. The molecule has 1 aliphatic heterocycles. The van der Waals surface area contributed by atoms with Crippen LogP contribution in [0.25, 0.3) is 22.2 Å². The van der Waals surface area contributed by atoms with Crippen LogP contribution in [0.3, 0.4) is 0 Å². The average Bonchev–Trinajstić information content (AvgIpc) is 3.07. The Bertz CT molecular complexity index is 1310. The number of hydrogen-bond acceptors (Lipinski definition) is 6. The molecule has 3 aromatic heterocycles. The second-order valence-corrected chi connectivity index (χ2v) is 8.27. The first kappa shape index (κ1) is 20.1. The van der Waals surface area contributed by atoms with Crippen molar-refractivity contribution in [1.29, 1.82) is 0 Å². The maximum Gasteiger partial charge on any atom is 0.158 e. The van der Waals surface area contributed by atoms with Crippen molar-refractivity contribution in [3.63, 3.8) is 0 Å². The molecule has 0 radical (unpaired) electrons. The SMILES string of the molecule is C=C(Nc1ccc2c(cnn2C)c1)N1CCCN(C)c2ccc(-c3ccnc(C)c3)nc21. The van der Waals surface area contributed by atoms with E-state index in [4.69, 9.17) is 4.98 Å². The predicted molar refractivity (Wildman–Crippen MR) is 131 cm³/mol. The molecular weight excluding hydrogens is 398 g/mol. The van der Waals surface area contributed by atoms with Crippen LogP contribution in [0.5, 0.6) is 0 Å². The summed E-state index contributed by atoms with van der Waals surface area (Å²) in [4.78, 5) is 13.8. The van der Waals surface area contributed by atoms with E-state index in [-0.39, 0.29) is 0 Å². The molecule has 7 heteroatoms. The van der Waals surface area contributed by atoms with Gasteiger partial charge in [-0.3, -0.25) is 9.67 Å². The molecule has 32 heavy (non-hydrogen) atoms. The Kier molecular flexibility index (Phi) is 5.01. The summed E-state index contributed by atoms with van der Waals surface area (Å²) in [5.41, 5.74) is 6.15. The number of pyridine rings is 2. The van der Waals surface area contributed by atoms with Gasteiger partial charge in [0.25, 0.3) is 0 Å². The van der Waals surface area contributed by atoms with Crippen molar-refractivity contribution in [3.05, 3.63) is 73.0 Å². The molecule has 7 nitrogen and oxygen atoms in total.